The molecule has 4 rings (SSSR count). The summed E-state index contributed by atoms with van der Waals surface area (Å²) in [5.74, 6) is -0.213. The Bertz CT molecular complexity index is 1080. The van der Waals surface area contributed by atoms with Gasteiger partial charge in [-0.05, 0) is 56.0 Å². The number of benzene rings is 2. The number of para-hydroxylation sites is 1. The number of piperidine rings is 1. The Morgan fingerprint density at radius 2 is 1.62 bits per heavy atom. The molecule has 0 aliphatic carbocycles. The van der Waals surface area contributed by atoms with E-state index in [0.29, 0.717) is 39.0 Å². The van der Waals surface area contributed by atoms with Crippen molar-refractivity contribution in [2.45, 2.75) is 50.5 Å². The fourth-order valence-corrected chi connectivity index (χ4v) is 6.02. The lowest BCUT2D eigenvalue weighted by molar-refractivity contribution is 0.0592. The molecule has 2 aliphatic heterocycles. The largest absolute Gasteiger partial charge is 0.490 e. The second-order valence-electron chi connectivity index (χ2n) is 8.59. The number of ether oxygens (including phenoxy) is 1. The lowest BCUT2D eigenvalue weighted by Crippen LogP contribution is -2.42. The van der Waals surface area contributed by atoms with E-state index in [-0.39, 0.29) is 17.6 Å². The van der Waals surface area contributed by atoms with Crippen molar-refractivity contribution < 1.29 is 22.3 Å². The van der Waals surface area contributed by atoms with Crippen molar-refractivity contribution >= 4 is 15.9 Å². The SMILES string of the molecule is Cc1cccc(C)c1OC1CCN(C(=O)c2ccc(F)c(S(=O)(=O)N3CCCC3)c2)CC1. The fourth-order valence-electron chi connectivity index (χ4n) is 4.41. The first-order valence-corrected chi connectivity index (χ1v) is 12.5. The van der Waals surface area contributed by atoms with E-state index in [9.17, 15) is 17.6 Å². The first kappa shape index (κ1) is 22.7. The number of nitrogens with zero attached hydrogens (tertiary/aromatic N) is 2. The van der Waals surface area contributed by atoms with Crippen LogP contribution in [0.3, 0.4) is 0 Å². The van der Waals surface area contributed by atoms with Crippen molar-refractivity contribution in [2.24, 2.45) is 0 Å². The van der Waals surface area contributed by atoms with E-state index >= 15 is 0 Å². The summed E-state index contributed by atoms with van der Waals surface area (Å²) in [6, 6.07) is 9.66. The van der Waals surface area contributed by atoms with E-state index < -0.39 is 20.7 Å². The molecule has 2 fully saturated rings. The molecule has 2 aliphatic rings. The van der Waals surface area contributed by atoms with E-state index in [2.05, 4.69) is 0 Å². The van der Waals surface area contributed by atoms with Crippen LogP contribution in [0.4, 0.5) is 4.39 Å². The second-order valence-corrected chi connectivity index (χ2v) is 10.5. The molecule has 0 N–H and O–H groups in total. The van der Waals surface area contributed by atoms with Crippen molar-refractivity contribution in [1.29, 1.82) is 0 Å². The van der Waals surface area contributed by atoms with Crippen molar-refractivity contribution in [3.63, 3.8) is 0 Å². The number of halogens is 1. The molecule has 172 valence electrons. The zero-order valence-electron chi connectivity index (χ0n) is 18.5. The van der Waals surface area contributed by atoms with Crippen molar-refractivity contribution in [1.82, 2.24) is 9.21 Å². The number of rotatable bonds is 5. The van der Waals surface area contributed by atoms with Gasteiger partial charge < -0.3 is 9.64 Å². The molecule has 0 atom stereocenters. The van der Waals surface area contributed by atoms with E-state index in [0.717, 1.165) is 35.8 Å². The number of amides is 1. The van der Waals surface area contributed by atoms with Gasteiger partial charge in [-0.2, -0.15) is 4.31 Å². The molecule has 0 aromatic heterocycles. The van der Waals surface area contributed by atoms with Crippen LogP contribution in [0, 0.1) is 19.7 Å². The van der Waals surface area contributed by atoms with Gasteiger partial charge in [0.05, 0.1) is 0 Å². The molecule has 6 nitrogen and oxygen atoms in total. The maximum absolute atomic E-state index is 14.4. The molecule has 1 amide bonds. The summed E-state index contributed by atoms with van der Waals surface area (Å²) in [6.07, 6.45) is 2.90. The van der Waals surface area contributed by atoms with Gasteiger partial charge in [-0.3, -0.25) is 4.79 Å². The fraction of sp³-hybridized carbons (Fsp3) is 0.458. The molecule has 32 heavy (non-hydrogen) atoms. The van der Waals surface area contributed by atoms with Crippen LogP contribution in [-0.2, 0) is 10.0 Å². The third-order valence-corrected chi connectivity index (χ3v) is 8.20. The predicted molar refractivity (Wildman–Crippen MR) is 120 cm³/mol. The van der Waals surface area contributed by atoms with E-state index in [4.69, 9.17) is 4.74 Å². The van der Waals surface area contributed by atoms with Gasteiger partial charge in [0, 0.05) is 44.6 Å². The van der Waals surface area contributed by atoms with Crippen LogP contribution in [0.15, 0.2) is 41.3 Å². The van der Waals surface area contributed by atoms with Crippen molar-refractivity contribution in [3.05, 3.63) is 58.9 Å². The monoisotopic (exact) mass is 460 g/mol. The standard InChI is InChI=1S/C24H29FN2O4S/c1-17-6-5-7-18(2)23(17)31-20-10-14-26(15-11-20)24(28)19-8-9-21(25)22(16-19)32(29,30)27-12-3-4-13-27/h5-9,16,20H,3-4,10-15H2,1-2H3. The smallest absolute Gasteiger partial charge is 0.253 e. The predicted octanol–water partition coefficient (Wildman–Crippen LogP) is 3.91. The van der Waals surface area contributed by atoms with E-state index in [1.165, 1.54) is 16.4 Å². The van der Waals surface area contributed by atoms with Crippen LogP contribution in [0.5, 0.6) is 5.75 Å². The van der Waals surface area contributed by atoms with Crippen LogP contribution >= 0.6 is 0 Å². The molecule has 0 unspecified atom stereocenters. The summed E-state index contributed by atoms with van der Waals surface area (Å²) in [5.41, 5.74) is 2.36. The maximum atomic E-state index is 14.4. The Morgan fingerprint density at radius 1 is 1.00 bits per heavy atom. The lowest BCUT2D eigenvalue weighted by Gasteiger charge is -2.33. The molecular formula is C24H29FN2O4S. The highest BCUT2D eigenvalue weighted by Crippen LogP contribution is 2.28. The summed E-state index contributed by atoms with van der Waals surface area (Å²) >= 11 is 0. The number of sulfonamides is 1. The summed E-state index contributed by atoms with van der Waals surface area (Å²) in [6.45, 7) is 5.80. The van der Waals surface area contributed by atoms with Crippen molar-refractivity contribution in [3.8, 4) is 5.75 Å². The molecule has 8 heteroatoms. The van der Waals surface area contributed by atoms with Gasteiger partial charge in [0.15, 0.2) is 0 Å². The third kappa shape index (κ3) is 4.52. The van der Waals surface area contributed by atoms with Crippen LogP contribution in [-0.4, -0.2) is 55.8 Å². The number of aryl methyl sites for hydroxylation is 2. The summed E-state index contributed by atoms with van der Waals surface area (Å²) < 4.78 is 47.5. The van der Waals surface area contributed by atoms with Gasteiger partial charge in [0.25, 0.3) is 5.91 Å². The molecule has 0 saturated carbocycles. The van der Waals surface area contributed by atoms with E-state index in [1.54, 1.807) is 4.90 Å². The highest BCUT2D eigenvalue weighted by molar-refractivity contribution is 7.89. The molecule has 2 heterocycles. The highest BCUT2D eigenvalue weighted by Gasteiger charge is 2.31. The zero-order chi connectivity index (χ0) is 22.9. The van der Waals surface area contributed by atoms with Gasteiger partial charge >= 0.3 is 0 Å². The number of likely N-dealkylation sites (tertiary alicyclic amines) is 1. The van der Waals surface area contributed by atoms with Crippen LogP contribution in [0.2, 0.25) is 0 Å². The molecule has 2 saturated heterocycles. The molecular weight excluding hydrogens is 431 g/mol. The number of carbonyl (C=O) groups is 1. The Hall–Kier alpha value is -2.45. The van der Waals surface area contributed by atoms with Crippen LogP contribution in [0.25, 0.3) is 0 Å². The minimum absolute atomic E-state index is 0.0122. The van der Waals surface area contributed by atoms with E-state index in [1.807, 2.05) is 32.0 Å². The van der Waals surface area contributed by atoms with Gasteiger partial charge in [-0.15, -0.1) is 0 Å². The average Bonchev–Trinajstić information content (AvgIpc) is 3.33. The topological polar surface area (TPSA) is 66.9 Å². The molecule has 2 aromatic rings. The second kappa shape index (κ2) is 9.19. The molecule has 0 radical (unpaired) electrons. The number of carbonyl (C=O) groups excluding carboxylic acids is 1. The Kier molecular flexibility index (Phi) is 6.53. The quantitative estimate of drug-likeness (QED) is 0.679. The Morgan fingerprint density at radius 3 is 2.25 bits per heavy atom. The molecule has 0 bridgehead atoms. The van der Waals surface area contributed by atoms with Crippen LogP contribution in [0.1, 0.15) is 47.2 Å². The lowest BCUT2D eigenvalue weighted by atomic mass is 10.1. The first-order chi connectivity index (χ1) is 15.3. The van der Waals surface area contributed by atoms with Gasteiger partial charge in [0.2, 0.25) is 10.0 Å². The minimum Gasteiger partial charge on any atom is -0.490 e. The van der Waals surface area contributed by atoms with Gasteiger partial charge in [-0.25, -0.2) is 12.8 Å². The summed E-state index contributed by atoms with van der Waals surface area (Å²) in [4.78, 5) is 14.3. The normalized spacial score (nSPS) is 18.2. The number of hydrogen-bond donors (Lipinski definition) is 0. The highest BCUT2D eigenvalue weighted by atomic mass is 32.2. The average molecular weight is 461 g/mol. The number of hydrogen-bond acceptors (Lipinski definition) is 4. The summed E-state index contributed by atoms with van der Waals surface area (Å²) in [5, 5.41) is 0. The van der Waals surface area contributed by atoms with Gasteiger partial charge in [-0.1, -0.05) is 18.2 Å². The summed E-state index contributed by atoms with van der Waals surface area (Å²) in [7, 11) is -3.94. The zero-order valence-corrected chi connectivity index (χ0v) is 19.3. The molecule has 2 aromatic carbocycles. The Labute approximate surface area is 189 Å². The van der Waals surface area contributed by atoms with Crippen LogP contribution < -0.4 is 4.74 Å². The molecule has 0 spiro atoms. The maximum Gasteiger partial charge on any atom is 0.253 e. The minimum atomic E-state index is -3.94. The van der Waals surface area contributed by atoms with Crippen molar-refractivity contribution in [2.75, 3.05) is 26.2 Å². The van der Waals surface area contributed by atoms with Gasteiger partial charge in [0.1, 0.15) is 22.6 Å². The first-order valence-electron chi connectivity index (χ1n) is 11.1. The Balaban J connectivity index is 1.44. The third-order valence-electron chi connectivity index (χ3n) is 6.28.